The van der Waals surface area contributed by atoms with Crippen molar-refractivity contribution in [2.75, 3.05) is 0 Å². The van der Waals surface area contributed by atoms with Crippen molar-refractivity contribution in [3.63, 3.8) is 0 Å². The third kappa shape index (κ3) is 3.40. The summed E-state index contributed by atoms with van der Waals surface area (Å²) in [4.78, 5) is 20.3. The predicted octanol–water partition coefficient (Wildman–Crippen LogP) is 2.63. The van der Waals surface area contributed by atoms with Crippen molar-refractivity contribution < 1.29 is 4.79 Å². The maximum absolute atomic E-state index is 12.1. The maximum Gasteiger partial charge on any atom is 0.271 e. The molecule has 1 aromatic carbocycles. The van der Waals surface area contributed by atoms with Gasteiger partial charge in [0.1, 0.15) is 5.69 Å². The molecule has 0 bridgehead atoms. The molecule has 0 unspecified atom stereocenters. The first-order valence-electron chi connectivity index (χ1n) is 6.95. The Morgan fingerprint density at radius 3 is 2.82 bits per heavy atom. The van der Waals surface area contributed by atoms with Crippen LogP contribution in [0.15, 0.2) is 48.4 Å². The van der Waals surface area contributed by atoms with E-state index in [0.29, 0.717) is 12.2 Å². The van der Waals surface area contributed by atoms with E-state index in [9.17, 15) is 4.79 Å². The lowest BCUT2D eigenvalue weighted by atomic mass is 10.1. The number of carbonyl (C=O) groups is 1. The maximum atomic E-state index is 12.1. The monoisotopic (exact) mass is 312 g/mol. The number of hydrogen-bond donors (Lipinski definition) is 1. The molecule has 2 aromatic heterocycles. The number of nitrogens with one attached hydrogen (secondary N) is 1. The third-order valence-electron chi connectivity index (χ3n) is 3.32. The molecule has 0 spiro atoms. The molecule has 0 saturated heterocycles. The second-order valence-corrected chi connectivity index (χ2v) is 6.00. The van der Waals surface area contributed by atoms with E-state index in [1.54, 1.807) is 17.9 Å². The zero-order valence-electron chi connectivity index (χ0n) is 12.2. The first-order chi connectivity index (χ1) is 10.7. The number of carbonyl (C=O) groups excluding carboxylic acids is 1. The molecule has 3 aromatic rings. The Balaban J connectivity index is 1.68. The number of aryl methyl sites for hydroxylation is 1. The number of thiazole rings is 1. The van der Waals surface area contributed by atoms with Gasteiger partial charge < -0.3 is 9.88 Å². The molecule has 112 valence electrons. The summed E-state index contributed by atoms with van der Waals surface area (Å²) in [6.07, 6.45) is 5.47. The minimum Gasteiger partial charge on any atom is -0.347 e. The summed E-state index contributed by atoms with van der Waals surface area (Å²) in [6.45, 7) is 3.12. The molecule has 3 rings (SSSR count). The summed E-state index contributed by atoms with van der Waals surface area (Å²) < 4.78 is 2.00. The lowest BCUT2D eigenvalue weighted by Crippen LogP contribution is -2.24. The number of amides is 1. The number of hydrogen-bond acceptors (Lipinski definition) is 4. The molecule has 1 N–H and O–H groups in total. The highest BCUT2D eigenvalue weighted by Crippen LogP contribution is 2.12. The first-order valence-corrected chi connectivity index (χ1v) is 7.83. The summed E-state index contributed by atoms with van der Waals surface area (Å²) in [5, 5.41) is 5.60. The molecule has 0 aliphatic heterocycles. The van der Waals surface area contributed by atoms with E-state index >= 15 is 0 Å². The Hall–Kier alpha value is -2.47. The quantitative estimate of drug-likeness (QED) is 0.788. The Labute approximate surface area is 132 Å². The van der Waals surface area contributed by atoms with Crippen LogP contribution >= 0.6 is 11.3 Å². The lowest BCUT2D eigenvalue weighted by molar-refractivity contribution is 0.0946. The molecule has 22 heavy (non-hydrogen) atoms. The average Bonchev–Trinajstić information content (AvgIpc) is 3.18. The van der Waals surface area contributed by atoms with Gasteiger partial charge in [-0.2, -0.15) is 0 Å². The molecule has 2 heterocycles. The fourth-order valence-electron chi connectivity index (χ4n) is 2.19. The Bertz CT molecular complexity index is 764. The van der Waals surface area contributed by atoms with Crippen LogP contribution in [0, 0.1) is 6.92 Å². The van der Waals surface area contributed by atoms with Crippen LogP contribution in [0.3, 0.4) is 0 Å². The van der Waals surface area contributed by atoms with Crippen molar-refractivity contribution in [3.05, 3.63) is 70.2 Å². The smallest absolute Gasteiger partial charge is 0.271 e. The van der Waals surface area contributed by atoms with Gasteiger partial charge in [-0.1, -0.05) is 24.3 Å². The second kappa shape index (κ2) is 6.53. The molecule has 6 heteroatoms. The SMILES string of the molecule is Cc1nc(C(=O)NCc2ccccc2Cn2ccnc2)cs1. The zero-order chi connectivity index (χ0) is 15.4. The summed E-state index contributed by atoms with van der Waals surface area (Å²) in [5.74, 6) is -0.137. The summed E-state index contributed by atoms with van der Waals surface area (Å²) >= 11 is 1.48. The van der Waals surface area contributed by atoms with Crippen LogP contribution in [-0.4, -0.2) is 20.4 Å². The van der Waals surface area contributed by atoms with Gasteiger partial charge in [0, 0.05) is 30.9 Å². The Kier molecular flexibility index (Phi) is 4.29. The van der Waals surface area contributed by atoms with Crippen molar-refractivity contribution >= 4 is 17.2 Å². The molecule has 0 atom stereocenters. The minimum atomic E-state index is -0.137. The van der Waals surface area contributed by atoms with Gasteiger partial charge >= 0.3 is 0 Å². The fraction of sp³-hybridized carbons (Fsp3) is 0.188. The highest BCUT2D eigenvalue weighted by molar-refractivity contribution is 7.09. The number of benzene rings is 1. The highest BCUT2D eigenvalue weighted by Gasteiger charge is 2.10. The Morgan fingerprint density at radius 1 is 1.32 bits per heavy atom. The minimum absolute atomic E-state index is 0.137. The molecular weight excluding hydrogens is 296 g/mol. The van der Waals surface area contributed by atoms with Gasteiger partial charge in [0.2, 0.25) is 0 Å². The van der Waals surface area contributed by atoms with Gasteiger partial charge in [0.25, 0.3) is 5.91 Å². The first kappa shape index (κ1) is 14.5. The molecule has 0 aliphatic carbocycles. The topological polar surface area (TPSA) is 59.8 Å². The summed E-state index contributed by atoms with van der Waals surface area (Å²) in [6, 6.07) is 8.07. The normalized spacial score (nSPS) is 10.6. The number of rotatable bonds is 5. The van der Waals surface area contributed by atoms with Crippen LogP contribution < -0.4 is 5.32 Å². The van der Waals surface area contributed by atoms with E-state index in [1.165, 1.54) is 11.3 Å². The third-order valence-corrected chi connectivity index (χ3v) is 4.10. The molecule has 0 fully saturated rings. The van der Waals surface area contributed by atoms with Crippen LogP contribution in [0.4, 0.5) is 0 Å². The second-order valence-electron chi connectivity index (χ2n) is 4.94. The number of imidazole rings is 1. The molecule has 0 saturated carbocycles. The van der Waals surface area contributed by atoms with Crippen LogP contribution in [0.5, 0.6) is 0 Å². The van der Waals surface area contributed by atoms with Crippen molar-refractivity contribution in [2.24, 2.45) is 0 Å². The van der Waals surface area contributed by atoms with Crippen molar-refractivity contribution in [1.82, 2.24) is 19.9 Å². The van der Waals surface area contributed by atoms with Crippen LogP contribution in [-0.2, 0) is 13.1 Å². The van der Waals surface area contributed by atoms with Gasteiger partial charge in [0.05, 0.1) is 11.3 Å². The molecular formula is C16H16N4OS. The zero-order valence-corrected chi connectivity index (χ0v) is 13.0. The van der Waals surface area contributed by atoms with Gasteiger partial charge in [-0.25, -0.2) is 9.97 Å². The van der Waals surface area contributed by atoms with Crippen molar-refractivity contribution in [3.8, 4) is 0 Å². The molecule has 0 aliphatic rings. The van der Waals surface area contributed by atoms with E-state index in [-0.39, 0.29) is 5.91 Å². The largest absolute Gasteiger partial charge is 0.347 e. The van der Waals surface area contributed by atoms with E-state index in [4.69, 9.17) is 0 Å². The van der Waals surface area contributed by atoms with Crippen LogP contribution in [0.2, 0.25) is 0 Å². The van der Waals surface area contributed by atoms with Crippen molar-refractivity contribution in [1.29, 1.82) is 0 Å². The van der Waals surface area contributed by atoms with Gasteiger partial charge in [0.15, 0.2) is 0 Å². The van der Waals surface area contributed by atoms with E-state index in [0.717, 1.165) is 22.7 Å². The standard InChI is InChI=1S/C16H16N4OS/c1-12-19-15(10-22-12)16(21)18-8-13-4-2-3-5-14(13)9-20-7-6-17-11-20/h2-7,10-11H,8-9H2,1H3,(H,18,21). The van der Waals surface area contributed by atoms with Gasteiger partial charge in [-0.05, 0) is 18.1 Å². The average molecular weight is 312 g/mol. The van der Waals surface area contributed by atoms with Gasteiger partial charge in [-0.3, -0.25) is 4.79 Å². The van der Waals surface area contributed by atoms with Crippen molar-refractivity contribution in [2.45, 2.75) is 20.0 Å². The molecule has 5 nitrogen and oxygen atoms in total. The number of aromatic nitrogens is 3. The fourth-order valence-corrected chi connectivity index (χ4v) is 2.79. The predicted molar refractivity (Wildman–Crippen MR) is 85.8 cm³/mol. The highest BCUT2D eigenvalue weighted by atomic mass is 32.1. The van der Waals surface area contributed by atoms with E-state index in [2.05, 4.69) is 21.4 Å². The van der Waals surface area contributed by atoms with Crippen LogP contribution in [0.25, 0.3) is 0 Å². The van der Waals surface area contributed by atoms with E-state index < -0.39 is 0 Å². The molecule has 0 radical (unpaired) electrons. The molecule has 1 amide bonds. The Morgan fingerprint density at radius 2 is 2.14 bits per heavy atom. The number of nitrogens with zero attached hydrogens (tertiary/aromatic N) is 3. The summed E-state index contributed by atoms with van der Waals surface area (Å²) in [7, 11) is 0. The van der Waals surface area contributed by atoms with E-state index in [1.807, 2.05) is 35.9 Å². The van der Waals surface area contributed by atoms with Crippen LogP contribution in [0.1, 0.15) is 26.6 Å². The summed E-state index contributed by atoms with van der Waals surface area (Å²) in [5.41, 5.74) is 2.74. The van der Waals surface area contributed by atoms with Gasteiger partial charge in [-0.15, -0.1) is 11.3 Å². The lowest BCUT2D eigenvalue weighted by Gasteiger charge is -2.10.